The van der Waals surface area contributed by atoms with Gasteiger partial charge in [0.15, 0.2) is 0 Å². The van der Waals surface area contributed by atoms with Crippen LogP contribution in [0.3, 0.4) is 0 Å². The second kappa shape index (κ2) is 52.0. The molecule has 0 saturated heterocycles. The van der Waals surface area contributed by atoms with E-state index in [0.29, 0.717) is 6.61 Å². The average Bonchev–Trinajstić information content (AvgIpc) is 3.31. The number of rotatable bonds is 50. The first-order chi connectivity index (χ1) is 32.3. The number of unbranched alkanes of at least 4 members (excludes halogenated alkanes) is 22. The SMILES string of the molecule is CC/C=C\C/C=C\C/C=C\C/C=C\C/C=C\C/C=C\CCCCCCCOCC(COP(=O)(O)OCC(O)CO)OC(=O)CCCCCCCCCCC/C=C\CCCCCCCCCC. The minimum atomic E-state index is -4.54. The van der Waals surface area contributed by atoms with E-state index >= 15 is 0 Å². The van der Waals surface area contributed by atoms with Crippen molar-refractivity contribution in [2.24, 2.45) is 0 Å². The van der Waals surface area contributed by atoms with Gasteiger partial charge in [-0.05, 0) is 89.9 Å². The fourth-order valence-corrected chi connectivity index (χ4v) is 7.85. The number of esters is 1. The van der Waals surface area contributed by atoms with Gasteiger partial charge in [0.25, 0.3) is 0 Å². The molecule has 0 bridgehead atoms. The van der Waals surface area contributed by atoms with E-state index in [0.717, 1.165) is 103 Å². The van der Waals surface area contributed by atoms with Crippen LogP contribution < -0.4 is 0 Å². The second-order valence-corrected chi connectivity index (χ2v) is 19.0. The molecule has 0 fully saturated rings. The number of hydrogen-bond donors (Lipinski definition) is 3. The van der Waals surface area contributed by atoms with Crippen molar-refractivity contribution in [2.45, 2.75) is 232 Å². The Kier molecular flexibility index (Phi) is 50.2. The zero-order valence-electron chi connectivity index (χ0n) is 42.1. The van der Waals surface area contributed by atoms with E-state index < -0.39 is 39.2 Å². The summed E-state index contributed by atoms with van der Waals surface area (Å²) in [7, 11) is -4.54. The number of ether oxygens (including phenoxy) is 2. The summed E-state index contributed by atoms with van der Waals surface area (Å²) in [5.41, 5.74) is 0. The third kappa shape index (κ3) is 51.0. The number of hydrogen-bond acceptors (Lipinski definition) is 8. The lowest BCUT2D eigenvalue weighted by Crippen LogP contribution is -2.29. The molecule has 0 aromatic heterocycles. The molecule has 0 aromatic carbocycles. The van der Waals surface area contributed by atoms with E-state index in [-0.39, 0.29) is 19.6 Å². The maximum atomic E-state index is 12.7. The summed E-state index contributed by atoms with van der Waals surface area (Å²) < 4.78 is 33.5. The molecule has 0 heterocycles. The second-order valence-electron chi connectivity index (χ2n) is 17.5. The van der Waals surface area contributed by atoms with Crippen LogP contribution >= 0.6 is 7.82 Å². The molecular weight excluding hydrogens is 848 g/mol. The van der Waals surface area contributed by atoms with Crippen LogP contribution in [0.2, 0.25) is 0 Å². The van der Waals surface area contributed by atoms with Gasteiger partial charge in [-0.15, -0.1) is 0 Å². The summed E-state index contributed by atoms with van der Waals surface area (Å²) in [6.45, 7) is 3.36. The lowest BCUT2D eigenvalue weighted by atomic mass is 10.1. The van der Waals surface area contributed by atoms with Crippen LogP contribution in [0.15, 0.2) is 85.1 Å². The summed E-state index contributed by atoms with van der Waals surface area (Å²) in [6, 6.07) is 0. The van der Waals surface area contributed by atoms with Gasteiger partial charge in [-0.2, -0.15) is 0 Å². The molecule has 9 nitrogen and oxygen atoms in total. The molecule has 382 valence electrons. The molecule has 0 rings (SSSR count). The van der Waals surface area contributed by atoms with Crippen molar-refractivity contribution in [3.05, 3.63) is 85.1 Å². The van der Waals surface area contributed by atoms with Gasteiger partial charge >= 0.3 is 13.8 Å². The predicted molar refractivity (Wildman–Crippen MR) is 279 cm³/mol. The van der Waals surface area contributed by atoms with Gasteiger partial charge in [-0.3, -0.25) is 13.8 Å². The van der Waals surface area contributed by atoms with Gasteiger partial charge in [0, 0.05) is 13.0 Å². The van der Waals surface area contributed by atoms with Crippen molar-refractivity contribution in [3.8, 4) is 0 Å². The number of allylic oxidation sites excluding steroid dienone is 14. The maximum absolute atomic E-state index is 12.7. The lowest BCUT2D eigenvalue weighted by Gasteiger charge is -2.20. The number of carbonyl (C=O) groups is 1. The molecule has 0 aromatic rings. The Labute approximate surface area is 405 Å². The number of aliphatic hydroxyl groups is 2. The average molecular weight is 947 g/mol. The Hall–Kier alpha value is -2.36. The highest BCUT2D eigenvalue weighted by atomic mass is 31.2. The fourth-order valence-electron chi connectivity index (χ4n) is 7.06. The minimum absolute atomic E-state index is 0.0310. The van der Waals surface area contributed by atoms with Crippen LogP contribution in [-0.4, -0.2) is 66.3 Å². The first kappa shape index (κ1) is 63.6. The van der Waals surface area contributed by atoms with Crippen molar-refractivity contribution in [1.29, 1.82) is 0 Å². The molecular formula is C56H99O9P. The minimum Gasteiger partial charge on any atom is -0.457 e. The van der Waals surface area contributed by atoms with E-state index in [9.17, 15) is 19.4 Å². The molecule has 0 aliphatic heterocycles. The number of phosphoric acid groups is 1. The summed E-state index contributed by atoms with van der Waals surface area (Å²) in [6.07, 6.45) is 65.5. The molecule has 0 spiro atoms. The largest absolute Gasteiger partial charge is 0.472 e. The molecule has 0 aliphatic rings. The number of aliphatic hydroxyl groups excluding tert-OH is 2. The van der Waals surface area contributed by atoms with Gasteiger partial charge in [0.2, 0.25) is 0 Å². The highest BCUT2D eigenvalue weighted by molar-refractivity contribution is 7.47. The summed E-state index contributed by atoms with van der Waals surface area (Å²) in [5, 5.41) is 18.4. The van der Waals surface area contributed by atoms with Crippen LogP contribution in [-0.2, 0) is 27.9 Å². The van der Waals surface area contributed by atoms with Crippen molar-refractivity contribution in [2.75, 3.05) is 33.0 Å². The number of carbonyl (C=O) groups excluding carboxylic acids is 1. The van der Waals surface area contributed by atoms with Gasteiger partial charge in [0.05, 0.1) is 26.4 Å². The monoisotopic (exact) mass is 947 g/mol. The van der Waals surface area contributed by atoms with Crippen LogP contribution in [0.25, 0.3) is 0 Å². The van der Waals surface area contributed by atoms with Gasteiger partial charge < -0.3 is 24.6 Å². The van der Waals surface area contributed by atoms with E-state index in [2.05, 4.69) is 98.9 Å². The lowest BCUT2D eigenvalue weighted by molar-refractivity contribution is -0.154. The Balaban J connectivity index is 4.13. The van der Waals surface area contributed by atoms with Crippen molar-refractivity contribution in [3.63, 3.8) is 0 Å². The Bertz CT molecular complexity index is 1300. The van der Waals surface area contributed by atoms with Crippen LogP contribution in [0.5, 0.6) is 0 Å². The molecule has 0 amide bonds. The van der Waals surface area contributed by atoms with Crippen molar-refractivity contribution in [1.82, 2.24) is 0 Å². The highest BCUT2D eigenvalue weighted by Gasteiger charge is 2.26. The van der Waals surface area contributed by atoms with Crippen LogP contribution in [0.4, 0.5) is 0 Å². The Morgan fingerprint density at radius 1 is 0.485 bits per heavy atom. The van der Waals surface area contributed by atoms with E-state index in [1.807, 2.05) is 0 Å². The molecule has 10 heteroatoms. The molecule has 0 radical (unpaired) electrons. The molecule has 66 heavy (non-hydrogen) atoms. The molecule has 0 aliphatic carbocycles. The van der Waals surface area contributed by atoms with Gasteiger partial charge in [0.1, 0.15) is 12.2 Å². The standard InChI is InChI=1S/C56H99O9P/c1-3-5-7-9-11-13-15-17-19-21-23-25-26-27-29-31-33-35-37-39-41-43-45-47-49-62-52-55(53-64-66(60,61)63-51-54(58)50-57)65-56(59)48-46-44-42-40-38-36-34-32-30-28-24-22-20-18-16-14-12-10-8-6-4-2/h5,7,11,13,17,19,22-25,27,29,33,35,54-55,57-58H,3-4,6,8-10,12,14-16,18,20-21,26,28,30-32,34,36-53H2,1-2H3,(H,60,61)/b7-5-,13-11-,19-17-,24-22-,25-23-,29-27-,35-33-. The van der Waals surface area contributed by atoms with Gasteiger partial charge in [-0.1, -0.05) is 208 Å². The maximum Gasteiger partial charge on any atom is 0.472 e. The van der Waals surface area contributed by atoms with Crippen molar-refractivity contribution < 1.29 is 43.0 Å². The molecule has 3 N–H and O–H groups in total. The predicted octanol–water partition coefficient (Wildman–Crippen LogP) is 15.8. The van der Waals surface area contributed by atoms with Gasteiger partial charge in [-0.25, -0.2) is 4.57 Å². The zero-order chi connectivity index (χ0) is 48.1. The molecule has 3 atom stereocenters. The summed E-state index contributed by atoms with van der Waals surface area (Å²) in [4.78, 5) is 22.7. The first-order valence-electron chi connectivity index (χ1n) is 26.6. The van der Waals surface area contributed by atoms with E-state index in [4.69, 9.17) is 23.6 Å². The third-order valence-electron chi connectivity index (χ3n) is 11.1. The summed E-state index contributed by atoms with van der Waals surface area (Å²) in [5.74, 6) is -0.393. The Morgan fingerprint density at radius 2 is 0.864 bits per heavy atom. The quantitative estimate of drug-likeness (QED) is 0.0236. The van der Waals surface area contributed by atoms with E-state index in [1.54, 1.807) is 0 Å². The topological polar surface area (TPSA) is 132 Å². The Morgan fingerprint density at radius 3 is 1.32 bits per heavy atom. The van der Waals surface area contributed by atoms with E-state index in [1.165, 1.54) is 96.3 Å². The highest BCUT2D eigenvalue weighted by Crippen LogP contribution is 2.43. The zero-order valence-corrected chi connectivity index (χ0v) is 43.0. The van der Waals surface area contributed by atoms with Crippen LogP contribution in [0.1, 0.15) is 219 Å². The smallest absolute Gasteiger partial charge is 0.457 e. The molecule has 3 unspecified atom stereocenters. The third-order valence-corrected chi connectivity index (χ3v) is 12.0. The fraction of sp³-hybridized carbons (Fsp3) is 0.732. The first-order valence-corrected chi connectivity index (χ1v) is 28.1. The van der Waals surface area contributed by atoms with Crippen molar-refractivity contribution >= 4 is 13.8 Å². The summed E-state index contributed by atoms with van der Waals surface area (Å²) >= 11 is 0. The molecule has 0 saturated carbocycles. The number of phosphoric ester groups is 1. The normalized spacial score (nSPS) is 14.4. The van der Waals surface area contributed by atoms with Crippen LogP contribution in [0, 0.1) is 0 Å².